The molecule has 1 aliphatic rings. The number of benzene rings is 2. The number of piperazine rings is 1. The Morgan fingerprint density at radius 1 is 0.853 bits per heavy atom. The highest BCUT2D eigenvalue weighted by molar-refractivity contribution is 5.89. The third-order valence-electron chi connectivity index (χ3n) is 5.50. The SMILES string of the molecule is COc1ccccc1N1CCN(C(=O)COC(=O)C=Cc2cc(OC)c(OC)c(OC)c2)CC1. The van der Waals surface area contributed by atoms with Gasteiger partial charge in [0.15, 0.2) is 18.1 Å². The summed E-state index contributed by atoms with van der Waals surface area (Å²) in [5.74, 6) is 1.36. The highest BCUT2D eigenvalue weighted by Crippen LogP contribution is 2.38. The molecule has 0 bridgehead atoms. The number of amides is 1. The summed E-state index contributed by atoms with van der Waals surface area (Å²) in [6.07, 6.45) is 2.82. The van der Waals surface area contributed by atoms with Crippen molar-refractivity contribution in [1.82, 2.24) is 4.90 Å². The minimum Gasteiger partial charge on any atom is -0.495 e. The average Bonchev–Trinajstić information content (AvgIpc) is 2.89. The molecule has 0 saturated carbocycles. The second-order valence-corrected chi connectivity index (χ2v) is 7.44. The normalized spacial score (nSPS) is 13.5. The Morgan fingerprint density at radius 3 is 2.06 bits per heavy atom. The van der Waals surface area contributed by atoms with Crippen molar-refractivity contribution in [3.63, 3.8) is 0 Å². The minimum absolute atomic E-state index is 0.228. The van der Waals surface area contributed by atoms with E-state index in [1.54, 1.807) is 30.2 Å². The predicted octanol–water partition coefficient (Wildman–Crippen LogP) is 2.63. The van der Waals surface area contributed by atoms with E-state index in [0.29, 0.717) is 49.0 Å². The molecular weight excluding hydrogens is 440 g/mol. The van der Waals surface area contributed by atoms with E-state index in [2.05, 4.69) is 4.90 Å². The highest BCUT2D eigenvalue weighted by Gasteiger charge is 2.23. The molecule has 1 saturated heterocycles. The Balaban J connectivity index is 1.51. The summed E-state index contributed by atoms with van der Waals surface area (Å²) >= 11 is 0. The Hall–Kier alpha value is -3.88. The van der Waals surface area contributed by atoms with Gasteiger partial charge < -0.3 is 33.5 Å². The summed E-state index contributed by atoms with van der Waals surface area (Å²) in [5, 5.41) is 0. The van der Waals surface area contributed by atoms with E-state index in [1.165, 1.54) is 27.4 Å². The summed E-state index contributed by atoms with van der Waals surface area (Å²) in [6.45, 7) is 2.10. The molecule has 1 fully saturated rings. The van der Waals surface area contributed by atoms with Crippen LogP contribution < -0.4 is 23.8 Å². The van der Waals surface area contributed by atoms with Gasteiger partial charge in [0.25, 0.3) is 5.91 Å². The molecule has 182 valence electrons. The van der Waals surface area contributed by atoms with Gasteiger partial charge >= 0.3 is 5.97 Å². The Bertz CT molecular complexity index is 1000. The van der Waals surface area contributed by atoms with Gasteiger partial charge in [-0.25, -0.2) is 4.79 Å². The van der Waals surface area contributed by atoms with Gasteiger partial charge in [0.1, 0.15) is 5.75 Å². The molecule has 0 aromatic heterocycles. The van der Waals surface area contributed by atoms with E-state index in [1.807, 2.05) is 24.3 Å². The van der Waals surface area contributed by atoms with Crippen molar-refractivity contribution in [2.24, 2.45) is 0 Å². The van der Waals surface area contributed by atoms with Crippen molar-refractivity contribution < 1.29 is 33.3 Å². The smallest absolute Gasteiger partial charge is 0.331 e. The van der Waals surface area contributed by atoms with Crippen LogP contribution in [0, 0.1) is 0 Å². The second-order valence-electron chi connectivity index (χ2n) is 7.44. The van der Waals surface area contributed by atoms with Crippen LogP contribution in [0.2, 0.25) is 0 Å². The van der Waals surface area contributed by atoms with Crippen molar-refractivity contribution >= 4 is 23.6 Å². The summed E-state index contributed by atoms with van der Waals surface area (Å²) in [7, 11) is 6.19. The number of anilines is 1. The van der Waals surface area contributed by atoms with Crippen LogP contribution in [0.3, 0.4) is 0 Å². The molecule has 9 nitrogen and oxygen atoms in total. The Morgan fingerprint density at radius 2 is 1.47 bits per heavy atom. The number of rotatable bonds is 9. The van der Waals surface area contributed by atoms with Crippen LogP contribution in [0.5, 0.6) is 23.0 Å². The fourth-order valence-corrected chi connectivity index (χ4v) is 3.72. The van der Waals surface area contributed by atoms with E-state index in [9.17, 15) is 9.59 Å². The number of hydrogen-bond donors (Lipinski definition) is 0. The number of carbonyl (C=O) groups is 2. The standard InChI is InChI=1S/C25H30N2O7/c1-30-20-8-6-5-7-19(20)26-11-13-27(14-12-26)23(28)17-34-24(29)10-9-18-15-21(31-2)25(33-4)22(16-18)32-3/h5-10,15-16H,11-14,17H2,1-4H3. The van der Waals surface area contributed by atoms with Crippen LogP contribution in [0.1, 0.15) is 5.56 Å². The molecule has 34 heavy (non-hydrogen) atoms. The van der Waals surface area contributed by atoms with Gasteiger partial charge in [0.05, 0.1) is 34.1 Å². The number of esters is 1. The molecule has 2 aromatic rings. The van der Waals surface area contributed by atoms with E-state index >= 15 is 0 Å². The molecule has 0 N–H and O–H groups in total. The zero-order chi connectivity index (χ0) is 24.5. The van der Waals surface area contributed by atoms with Gasteiger partial charge in [-0.1, -0.05) is 12.1 Å². The lowest BCUT2D eigenvalue weighted by atomic mass is 10.1. The van der Waals surface area contributed by atoms with Crippen molar-refractivity contribution in [2.45, 2.75) is 0 Å². The zero-order valence-corrected chi connectivity index (χ0v) is 19.9. The molecule has 0 aliphatic carbocycles. The molecule has 0 spiro atoms. The van der Waals surface area contributed by atoms with Gasteiger partial charge in [-0.05, 0) is 35.9 Å². The van der Waals surface area contributed by atoms with Gasteiger partial charge in [0, 0.05) is 32.3 Å². The van der Waals surface area contributed by atoms with Gasteiger partial charge in [-0.15, -0.1) is 0 Å². The van der Waals surface area contributed by atoms with E-state index in [-0.39, 0.29) is 12.5 Å². The van der Waals surface area contributed by atoms with Crippen molar-refractivity contribution in [2.75, 3.05) is 66.1 Å². The van der Waals surface area contributed by atoms with Crippen molar-refractivity contribution in [3.8, 4) is 23.0 Å². The maximum absolute atomic E-state index is 12.5. The maximum atomic E-state index is 12.5. The highest BCUT2D eigenvalue weighted by atomic mass is 16.5. The molecule has 1 amide bonds. The minimum atomic E-state index is -0.616. The molecule has 1 heterocycles. The van der Waals surface area contributed by atoms with E-state index in [4.69, 9.17) is 23.7 Å². The summed E-state index contributed by atoms with van der Waals surface area (Å²) < 4.78 is 26.5. The summed E-state index contributed by atoms with van der Waals surface area (Å²) in [5.41, 5.74) is 1.66. The fourth-order valence-electron chi connectivity index (χ4n) is 3.72. The number of ether oxygens (including phenoxy) is 5. The van der Waals surface area contributed by atoms with Crippen LogP contribution >= 0.6 is 0 Å². The number of methoxy groups -OCH3 is 4. The van der Waals surface area contributed by atoms with Gasteiger partial charge in [-0.2, -0.15) is 0 Å². The second kappa shape index (κ2) is 11.8. The quantitative estimate of drug-likeness (QED) is 0.408. The van der Waals surface area contributed by atoms with Crippen molar-refractivity contribution in [3.05, 3.63) is 48.0 Å². The molecule has 9 heteroatoms. The predicted molar refractivity (Wildman–Crippen MR) is 128 cm³/mol. The molecule has 2 aromatic carbocycles. The molecule has 0 unspecified atom stereocenters. The molecular formula is C25H30N2O7. The van der Waals surface area contributed by atoms with Crippen LogP contribution in [-0.4, -0.2) is 78.0 Å². The first-order valence-corrected chi connectivity index (χ1v) is 10.8. The number of carbonyl (C=O) groups excluding carboxylic acids is 2. The van der Waals surface area contributed by atoms with Gasteiger partial charge in [0.2, 0.25) is 5.75 Å². The molecule has 0 atom stereocenters. The number of para-hydroxylation sites is 2. The summed E-state index contributed by atoms with van der Waals surface area (Å²) in [6, 6.07) is 11.2. The molecule has 0 radical (unpaired) electrons. The van der Waals surface area contributed by atoms with E-state index in [0.717, 1.165) is 11.4 Å². The number of nitrogens with zero attached hydrogens (tertiary/aromatic N) is 2. The van der Waals surface area contributed by atoms with Crippen LogP contribution in [0.25, 0.3) is 6.08 Å². The lowest BCUT2D eigenvalue weighted by molar-refractivity contribution is -0.148. The third kappa shape index (κ3) is 5.92. The van der Waals surface area contributed by atoms with Crippen LogP contribution in [-0.2, 0) is 14.3 Å². The third-order valence-corrected chi connectivity index (χ3v) is 5.50. The maximum Gasteiger partial charge on any atom is 0.331 e. The lowest BCUT2D eigenvalue weighted by Crippen LogP contribution is -2.50. The first-order valence-electron chi connectivity index (χ1n) is 10.8. The molecule has 1 aliphatic heterocycles. The molecule has 3 rings (SSSR count). The Labute approximate surface area is 199 Å². The van der Waals surface area contributed by atoms with Crippen molar-refractivity contribution in [1.29, 1.82) is 0 Å². The van der Waals surface area contributed by atoms with Crippen LogP contribution in [0.15, 0.2) is 42.5 Å². The topological polar surface area (TPSA) is 86.8 Å². The Kier molecular flexibility index (Phi) is 8.61. The van der Waals surface area contributed by atoms with Gasteiger partial charge in [-0.3, -0.25) is 4.79 Å². The first-order chi connectivity index (χ1) is 16.5. The largest absolute Gasteiger partial charge is 0.495 e. The zero-order valence-electron chi connectivity index (χ0n) is 19.9. The van der Waals surface area contributed by atoms with Crippen LogP contribution in [0.4, 0.5) is 5.69 Å². The fraction of sp³-hybridized carbons (Fsp3) is 0.360. The monoisotopic (exact) mass is 470 g/mol. The lowest BCUT2D eigenvalue weighted by Gasteiger charge is -2.36. The first kappa shape index (κ1) is 24.8. The number of hydrogen-bond acceptors (Lipinski definition) is 8. The summed E-state index contributed by atoms with van der Waals surface area (Å²) in [4.78, 5) is 28.5. The average molecular weight is 471 g/mol. The van der Waals surface area contributed by atoms with E-state index < -0.39 is 5.97 Å².